The second-order valence-electron chi connectivity index (χ2n) is 5.44. The summed E-state index contributed by atoms with van der Waals surface area (Å²) >= 11 is 1.51. The number of thiophene rings is 1. The zero-order valence-electron chi connectivity index (χ0n) is 13.4. The molecule has 1 aromatic carbocycles. The van der Waals surface area contributed by atoms with Crippen LogP contribution in [0.5, 0.6) is 11.5 Å². The minimum atomic E-state index is -0.774. The van der Waals surface area contributed by atoms with Crippen molar-refractivity contribution in [2.24, 2.45) is 0 Å². The van der Waals surface area contributed by atoms with Gasteiger partial charge in [-0.25, -0.2) is 0 Å². The monoisotopic (exact) mass is 362 g/mol. The molecule has 8 heteroatoms. The van der Waals surface area contributed by atoms with Crippen molar-refractivity contribution in [1.29, 1.82) is 0 Å². The topological polar surface area (TPSA) is 96.9 Å². The Labute approximate surface area is 148 Å². The minimum Gasteiger partial charge on any atom is -0.454 e. The van der Waals surface area contributed by atoms with Crippen molar-refractivity contribution in [2.45, 2.75) is 19.1 Å². The van der Waals surface area contributed by atoms with E-state index in [1.54, 1.807) is 18.2 Å². The second-order valence-corrected chi connectivity index (χ2v) is 6.47. The molecule has 132 valence electrons. The van der Waals surface area contributed by atoms with Crippen LogP contribution in [0.15, 0.2) is 35.7 Å². The van der Waals surface area contributed by atoms with Gasteiger partial charge in [-0.05, 0) is 35.6 Å². The number of hydrogen-bond donors (Lipinski definition) is 3. The Morgan fingerprint density at radius 2 is 1.96 bits per heavy atom. The summed E-state index contributed by atoms with van der Waals surface area (Å²) in [6.45, 7) is 0.677. The Morgan fingerprint density at radius 1 is 1.16 bits per heavy atom. The lowest BCUT2D eigenvalue weighted by atomic mass is 10.1. The van der Waals surface area contributed by atoms with Gasteiger partial charge < -0.3 is 25.2 Å². The fraction of sp³-hybridized carbons (Fsp3) is 0.294. The zero-order valence-corrected chi connectivity index (χ0v) is 14.2. The zero-order chi connectivity index (χ0) is 17.6. The number of carbonyl (C=O) groups excluding carboxylic acids is 2. The summed E-state index contributed by atoms with van der Waals surface area (Å²) in [4.78, 5) is 24.4. The third-order valence-corrected chi connectivity index (χ3v) is 4.57. The van der Waals surface area contributed by atoms with E-state index in [9.17, 15) is 14.7 Å². The van der Waals surface area contributed by atoms with Gasteiger partial charge in [0.2, 0.25) is 6.79 Å². The number of nitrogens with one attached hydrogen (secondary N) is 2. The molecule has 0 unspecified atom stereocenters. The Kier molecular flexibility index (Phi) is 5.52. The van der Waals surface area contributed by atoms with Crippen molar-refractivity contribution in [1.82, 2.24) is 10.6 Å². The van der Waals surface area contributed by atoms with Gasteiger partial charge in [-0.2, -0.15) is 0 Å². The van der Waals surface area contributed by atoms with Gasteiger partial charge >= 0.3 is 11.8 Å². The number of amides is 2. The molecule has 1 aromatic heterocycles. The normalized spacial score (nSPS) is 13.3. The smallest absolute Gasteiger partial charge is 0.309 e. The van der Waals surface area contributed by atoms with Gasteiger partial charge in [0.05, 0.1) is 12.6 Å². The molecule has 0 fully saturated rings. The maximum absolute atomic E-state index is 11.7. The van der Waals surface area contributed by atoms with Crippen LogP contribution < -0.4 is 20.1 Å². The number of carbonyl (C=O) groups is 2. The molecular formula is C17H18N2O5S. The maximum Gasteiger partial charge on any atom is 0.309 e. The Bertz CT molecular complexity index is 748. The van der Waals surface area contributed by atoms with E-state index in [-0.39, 0.29) is 19.8 Å². The number of fused-ring (bicyclic) bond motifs is 1. The summed E-state index contributed by atoms with van der Waals surface area (Å²) in [5.74, 6) is -0.166. The minimum absolute atomic E-state index is 0.172. The molecule has 25 heavy (non-hydrogen) atoms. The van der Waals surface area contributed by atoms with Crippen LogP contribution in [0.3, 0.4) is 0 Å². The van der Waals surface area contributed by atoms with Gasteiger partial charge in [-0.15, -0.1) is 11.3 Å². The first-order chi connectivity index (χ1) is 12.1. The average molecular weight is 362 g/mol. The lowest BCUT2D eigenvalue weighted by molar-refractivity contribution is -0.139. The van der Waals surface area contributed by atoms with Gasteiger partial charge in [0, 0.05) is 11.4 Å². The fourth-order valence-corrected chi connectivity index (χ4v) is 3.00. The van der Waals surface area contributed by atoms with E-state index in [1.807, 2.05) is 17.5 Å². The van der Waals surface area contributed by atoms with Crippen molar-refractivity contribution < 1.29 is 24.2 Å². The van der Waals surface area contributed by atoms with Gasteiger partial charge in [0.15, 0.2) is 11.5 Å². The lowest BCUT2D eigenvalue weighted by Crippen LogP contribution is -2.40. The van der Waals surface area contributed by atoms with Gasteiger partial charge in [0.25, 0.3) is 0 Å². The second kappa shape index (κ2) is 8.00. The molecular weight excluding hydrogens is 344 g/mol. The molecule has 0 saturated carbocycles. The van der Waals surface area contributed by atoms with Crippen LogP contribution in [0.1, 0.15) is 23.0 Å². The van der Waals surface area contributed by atoms with Crippen molar-refractivity contribution in [2.75, 3.05) is 13.3 Å². The quantitative estimate of drug-likeness (QED) is 0.674. The summed E-state index contributed by atoms with van der Waals surface area (Å²) < 4.78 is 10.5. The van der Waals surface area contributed by atoms with Crippen LogP contribution in [0.4, 0.5) is 0 Å². The molecule has 0 aliphatic carbocycles. The molecule has 3 N–H and O–H groups in total. The molecule has 1 aliphatic heterocycles. The standard InChI is InChI=1S/C17H18N2O5S/c20-13(11-3-4-14-15(8-11)24-10-23-14)5-6-18-16(21)17(22)19-9-12-2-1-7-25-12/h1-4,7-8,13,20H,5-6,9-10H2,(H,18,21)(H,19,22)/t13-/m1/s1. The number of ether oxygens (including phenoxy) is 2. The van der Waals surface area contributed by atoms with Crippen molar-refractivity contribution in [3.8, 4) is 11.5 Å². The first-order valence-electron chi connectivity index (χ1n) is 7.79. The van der Waals surface area contributed by atoms with Gasteiger partial charge in [-0.3, -0.25) is 9.59 Å². The highest BCUT2D eigenvalue weighted by Gasteiger charge is 2.17. The Morgan fingerprint density at radius 3 is 2.76 bits per heavy atom. The molecule has 2 heterocycles. The highest BCUT2D eigenvalue weighted by Crippen LogP contribution is 2.34. The number of benzene rings is 1. The molecule has 0 spiro atoms. The van der Waals surface area contributed by atoms with E-state index >= 15 is 0 Å². The molecule has 7 nitrogen and oxygen atoms in total. The van der Waals surface area contributed by atoms with Crippen LogP contribution >= 0.6 is 11.3 Å². The molecule has 0 saturated heterocycles. The largest absolute Gasteiger partial charge is 0.454 e. The molecule has 0 bridgehead atoms. The summed E-state index contributed by atoms with van der Waals surface area (Å²) in [7, 11) is 0. The average Bonchev–Trinajstić information content (AvgIpc) is 3.29. The van der Waals surface area contributed by atoms with Crippen molar-refractivity contribution >= 4 is 23.2 Å². The Balaban J connectivity index is 1.41. The summed E-state index contributed by atoms with van der Waals surface area (Å²) in [6.07, 6.45) is -0.493. The third-order valence-electron chi connectivity index (χ3n) is 3.69. The fourth-order valence-electron chi connectivity index (χ4n) is 2.35. The maximum atomic E-state index is 11.7. The number of hydrogen-bond acceptors (Lipinski definition) is 6. The van der Waals surface area contributed by atoms with Crippen molar-refractivity contribution in [3.63, 3.8) is 0 Å². The highest BCUT2D eigenvalue weighted by molar-refractivity contribution is 7.09. The van der Waals surface area contributed by atoms with Crippen LogP contribution in [0, 0.1) is 0 Å². The molecule has 2 amide bonds. The van der Waals surface area contributed by atoms with E-state index in [2.05, 4.69) is 10.6 Å². The van der Waals surface area contributed by atoms with E-state index in [4.69, 9.17) is 9.47 Å². The highest BCUT2D eigenvalue weighted by atomic mass is 32.1. The van der Waals surface area contributed by atoms with Gasteiger partial charge in [0.1, 0.15) is 0 Å². The van der Waals surface area contributed by atoms with E-state index < -0.39 is 17.9 Å². The first-order valence-corrected chi connectivity index (χ1v) is 8.67. The molecule has 0 radical (unpaired) electrons. The molecule has 3 rings (SSSR count). The van der Waals surface area contributed by atoms with Crippen molar-refractivity contribution in [3.05, 3.63) is 46.2 Å². The van der Waals surface area contributed by atoms with Gasteiger partial charge in [-0.1, -0.05) is 12.1 Å². The van der Waals surface area contributed by atoms with Crippen LogP contribution in [-0.4, -0.2) is 30.3 Å². The first kappa shape index (κ1) is 17.2. The third kappa shape index (κ3) is 4.49. The van der Waals surface area contributed by atoms with Crippen LogP contribution in [-0.2, 0) is 16.1 Å². The number of aliphatic hydroxyl groups excluding tert-OH is 1. The molecule has 2 aromatic rings. The summed E-state index contributed by atoms with van der Waals surface area (Å²) in [5.41, 5.74) is 0.667. The SMILES string of the molecule is O=C(NCC[C@@H](O)c1ccc2c(c1)OCO2)C(=O)NCc1cccs1. The molecule has 1 atom stereocenters. The summed E-state index contributed by atoms with van der Waals surface area (Å²) in [5, 5.41) is 17.1. The van der Waals surface area contributed by atoms with E-state index in [1.165, 1.54) is 11.3 Å². The Hall–Kier alpha value is -2.58. The predicted octanol–water partition coefficient (Wildman–Crippen LogP) is 1.33. The van der Waals surface area contributed by atoms with Crippen LogP contribution in [0.25, 0.3) is 0 Å². The lowest BCUT2D eigenvalue weighted by Gasteiger charge is -2.12. The molecule has 1 aliphatic rings. The predicted molar refractivity (Wildman–Crippen MR) is 91.3 cm³/mol. The van der Waals surface area contributed by atoms with Crippen LogP contribution in [0.2, 0.25) is 0 Å². The number of aliphatic hydroxyl groups is 1. The summed E-state index contributed by atoms with van der Waals surface area (Å²) in [6, 6.07) is 8.95. The van der Waals surface area contributed by atoms with E-state index in [0.717, 1.165) is 4.88 Å². The van der Waals surface area contributed by atoms with E-state index in [0.29, 0.717) is 23.6 Å². The number of rotatable bonds is 6.